The van der Waals surface area contributed by atoms with Gasteiger partial charge in [0.15, 0.2) is 5.69 Å². The van der Waals surface area contributed by atoms with Crippen molar-refractivity contribution in [3.05, 3.63) is 71.2 Å². The Hall–Kier alpha value is -4.32. The standard InChI is InChI=1S/C27H30N6O3/c1-17-12-25(30-18(2)26(17)36-16-19-8-4-3-5-9-19)32-23-13-20(15-29-24(23)14-28)31-21-10-6-7-11-22(21)33-27(34)35/h3-5,8-9,12-13,15,21-22,31,33H,6-7,10-11,16H2,1-2H3,(H,30,32)(H,34,35)/t21-,22-/m1/s1. The number of hydrogen-bond acceptors (Lipinski definition) is 7. The third-order valence-corrected chi connectivity index (χ3v) is 6.24. The van der Waals surface area contributed by atoms with Crippen LogP contribution in [-0.2, 0) is 6.61 Å². The second-order valence-corrected chi connectivity index (χ2v) is 8.96. The van der Waals surface area contributed by atoms with Crippen LogP contribution in [-0.4, -0.2) is 33.3 Å². The molecule has 0 spiro atoms. The van der Waals surface area contributed by atoms with Gasteiger partial charge >= 0.3 is 6.09 Å². The first kappa shape index (κ1) is 24.8. The van der Waals surface area contributed by atoms with E-state index in [1.165, 1.54) is 0 Å². The summed E-state index contributed by atoms with van der Waals surface area (Å²) in [5.41, 5.74) is 4.20. The molecule has 1 aliphatic carbocycles. The summed E-state index contributed by atoms with van der Waals surface area (Å²) in [6.07, 6.45) is 4.20. The molecule has 9 heteroatoms. The number of amides is 1. The average Bonchev–Trinajstić information content (AvgIpc) is 2.85. The van der Waals surface area contributed by atoms with Crippen molar-refractivity contribution in [2.75, 3.05) is 10.6 Å². The quantitative estimate of drug-likeness (QED) is 0.338. The van der Waals surface area contributed by atoms with Gasteiger partial charge in [0.05, 0.1) is 29.3 Å². The van der Waals surface area contributed by atoms with E-state index < -0.39 is 6.09 Å². The number of carboxylic acid groups (broad SMARTS) is 1. The van der Waals surface area contributed by atoms with E-state index in [-0.39, 0.29) is 17.8 Å². The van der Waals surface area contributed by atoms with Crippen LogP contribution in [0.5, 0.6) is 5.75 Å². The highest BCUT2D eigenvalue weighted by atomic mass is 16.5. The number of benzene rings is 1. The highest BCUT2D eigenvalue weighted by molar-refractivity contribution is 5.68. The highest BCUT2D eigenvalue weighted by Gasteiger charge is 2.26. The Labute approximate surface area is 210 Å². The first-order valence-electron chi connectivity index (χ1n) is 12.0. The van der Waals surface area contributed by atoms with Crippen molar-refractivity contribution in [2.45, 2.75) is 58.2 Å². The van der Waals surface area contributed by atoms with Crippen molar-refractivity contribution in [3.63, 3.8) is 0 Å². The number of hydrogen-bond donors (Lipinski definition) is 4. The van der Waals surface area contributed by atoms with Crippen molar-refractivity contribution in [2.24, 2.45) is 0 Å². The molecule has 1 saturated carbocycles. The first-order valence-corrected chi connectivity index (χ1v) is 12.0. The molecule has 0 unspecified atom stereocenters. The molecule has 3 aromatic rings. The van der Waals surface area contributed by atoms with Gasteiger partial charge in [-0.25, -0.2) is 14.8 Å². The Morgan fingerprint density at radius 1 is 1.17 bits per heavy atom. The minimum absolute atomic E-state index is 0.0545. The molecule has 0 aliphatic heterocycles. The summed E-state index contributed by atoms with van der Waals surface area (Å²) in [6.45, 7) is 4.30. The van der Waals surface area contributed by atoms with E-state index in [2.05, 4.69) is 32.0 Å². The van der Waals surface area contributed by atoms with E-state index in [9.17, 15) is 10.1 Å². The zero-order chi connectivity index (χ0) is 25.5. The van der Waals surface area contributed by atoms with Gasteiger partial charge in [-0.1, -0.05) is 43.2 Å². The molecule has 1 fully saturated rings. The molecular formula is C27H30N6O3. The minimum Gasteiger partial charge on any atom is -0.487 e. The Morgan fingerprint density at radius 3 is 2.61 bits per heavy atom. The molecule has 186 valence electrons. The molecule has 1 aliphatic rings. The van der Waals surface area contributed by atoms with E-state index in [4.69, 9.17) is 9.84 Å². The molecule has 4 N–H and O–H groups in total. The number of aromatic nitrogens is 2. The van der Waals surface area contributed by atoms with Crippen LogP contribution in [0.25, 0.3) is 0 Å². The molecule has 36 heavy (non-hydrogen) atoms. The molecule has 0 bridgehead atoms. The number of pyridine rings is 2. The summed E-state index contributed by atoms with van der Waals surface area (Å²) in [4.78, 5) is 20.1. The number of ether oxygens (including phenoxy) is 1. The van der Waals surface area contributed by atoms with Crippen LogP contribution in [0.15, 0.2) is 48.7 Å². The van der Waals surface area contributed by atoms with Gasteiger partial charge in [-0.3, -0.25) is 0 Å². The summed E-state index contributed by atoms with van der Waals surface area (Å²) in [5.74, 6) is 1.31. The second-order valence-electron chi connectivity index (χ2n) is 8.96. The van der Waals surface area contributed by atoms with Crippen molar-refractivity contribution in [3.8, 4) is 11.8 Å². The SMILES string of the molecule is Cc1cc(Nc2cc(N[C@@H]3CCCC[C@H]3NC(=O)O)cnc2C#N)nc(C)c1OCc1ccccc1. The maximum absolute atomic E-state index is 11.2. The number of anilines is 3. The molecule has 2 atom stereocenters. The normalized spacial score (nSPS) is 17.0. The Bertz CT molecular complexity index is 1240. The van der Waals surface area contributed by atoms with Crippen LogP contribution >= 0.6 is 0 Å². The lowest BCUT2D eigenvalue weighted by molar-refractivity contribution is 0.184. The number of nitrogens with zero attached hydrogens (tertiary/aromatic N) is 3. The van der Waals surface area contributed by atoms with Gasteiger partial charge in [0.25, 0.3) is 0 Å². The van der Waals surface area contributed by atoms with Crippen molar-refractivity contribution in [1.29, 1.82) is 5.26 Å². The number of carbonyl (C=O) groups is 1. The first-order chi connectivity index (χ1) is 17.4. The van der Waals surface area contributed by atoms with E-state index in [1.807, 2.05) is 56.3 Å². The van der Waals surface area contributed by atoms with Gasteiger partial charge < -0.3 is 25.8 Å². The molecule has 9 nitrogen and oxygen atoms in total. The lowest BCUT2D eigenvalue weighted by Crippen LogP contribution is -2.48. The van der Waals surface area contributed by atoms with Crippen molar-refractivity contribution >= 4 is 23.3 Å². The lowest BCUT2D eigenvalue weighted by Gasteiger charge is -2.32. The van der Waals surface area contributed by atoms with E-state index in [1.54, 1.807) is 6.20 Å². The van der Waals surface area contributed by atoms with Crippen molar-refractivity contribution < 1.29 is 14.6 Å². The molecule has 1 amide bonds. The van der Waals surface area contributed by atoms with Crippen LogP contribution < -0.4 is 20.7 Å². The molecule has 1 aromatic carbocycles. The Balaban J connectivity index is 1.50. The third kappa shape index (κ3) is 6.21. The van der Waals surface area contributed by atoms with Crippen LogP contribution in [0.4, 0.5) is 22.0 Å². The van der Waals surface area contributed by atoms with Gasteiger partial charge in [-0.15, -0.1) is 0 Å². The highest BCUT2D eigenvalue weighted by Crippen LogP contribution is 2.29. The van der Waals surface area contributed by atoms with Crippen LogP contribution in [0, 0.1) is 25.2 Å². The van der Waals surface area contributed by atoms with Crippen LogP contribution in [0.1, 0.15) is 48.2 Å². The fraction of sp³-hybridized carbons (Fsp3) is 0.333. The lowest BCUT2D eigenvalue weighted by atomic mass is 9.90. The molecule has 0 radical (unpaired) electrons. The topological polar surface area (TPSA) is 132 Å². The number of aryl methyl sites for hydroxylation is 2. The predicted octanol–water partition coefficient (Wildman–Crippen LogP) is 5.28. The minimum atomic E-state index is -1.03. The summed E-state index contributed by atoms with van der Waals surface area (Å²) in [7, 11) is 0. The van der Waals surface area contributed by atoms with E-state index in [0.717, 1.165) is 48.3 Å². The largest absolute Gasteiger partial charge is 0.487 e. The smallest absolute Gasteiger partial charge is 0.404 e. The Morgan fingerprint density at radius 2 is 1.92 bits per heavy atom. The maximum Gasteiger partial charge on any atom is 0.404 e. The molecule has 2 aromatic heterocycles. The molecule has 4 rings (SSSR count). The van der Waals surface area contributed by atoms with Gasteiger partial charge in [-0.05, 0) is 49.9 Å². The molecule has 2 heterocycles. The third-order valence-electron chi connectivity index (χ3n) is 6.24. The number of rotatable bonds is 8. The second kappa shape index (κ2) is 11.4. The monoisotopic (exact) mass is 486 g/mol. The van der Waals surface area contributed by atoms with Crippen molar-refractivity contribution in [1.82, 2.24) is 15.3 Å². The van der Waals surface area contributed by atoms with Crippen LogP contribution in [0.2, 0.25) is 0 Å². The van der Waals surface area contributed by atoms with Crippen LogP contribution in [0.3, 0.4) is 0 Å². The number of nitrogens with one attached hydrogen (secondary N) is 3. The van der Waals surface area contributed by atoms with E-state index in [0.29, 0.717) is 23.8 Å². The summed E-state index contributed by atoms with van der Waals surface area (Å²) < 4.78 is 6.03. The predicted molar refractivity (Wildman–Crippen MR) is 138 cm³/mol. The summed E-state index contributed by atoms with van der Waals surface area (Å²) >= 11 is 0. The summed E-state index contributed by atoms with van der Waals surface area (Å²) in [5, 5.41) is 28.0. The summed E-state index contributed by atoms with van der Waals surface area (Å²) in [6, 6.07) is 15.5. The van der Waals surface area contributed by atoms with Gasteiger partial charge in [0.2, 0.25) is 0 Å². The zero-order valence-electron chi connectivity index (χ0n) is 20.4. The van der Waals surface area contributed by atoms with Gasteiger partial charge in [0, 0.05) is 6.04 Å². The average molecular weight is 487 g/mol. The zero-order valence-corrected chi connectivity index (χ0v) is 20.4. The number of nitriles is 1. The molecule has 0 saturated heterocycles. The fourth-order valence-electron chi connectivity index (χ4n) is 4.55. The Kier molecular flexibility index (Phi) is 7.85. The van der Waals surface area contributed by atoms with E-state index >= 15 is 0 Å². The maximum atomic E-state index is 11.2. The fourth-order valence-corrected chi connectivity index (χ4v) is 4.55. The molecular weight excluding hydrogens is 456 g/mol. The van der Waals surface area contributed by atoms with Gasteiger partial charge in [-0.2, -0.15) is 5.26 Å². The van der Waals surface area contributed by atoms with Gasteiger partial charge in [0.1, 0.15) is 24.2 Å².